The summed E-state index contributed by atoms with van der Waals surface area (Å²) in [5.41, 5.74) is 22.4. The molecule has 0 bridgehead atoms. The number of rotatable bonds is 10. The van der Waals surface area contributed by atoms with Crippen molar-refractivity contribution < 1.29 is 8.83 Å². The first-order valence-corrected chi connectivity index (χ1v) is 31.4. The maximum absolute atomic E-state index is 7.53. The van der Waals surface area contributed by atoms with Gasteiger partial charge >= 0.3 is 0 Å². The van der Waals surface area contributed by atoms with E-state index in [2.05, 4.69) is 339 Å². The van der Waals surface area contributed by atoms with E-state index in [1.807, 2.05) is 0 Å². The summed E-state index contributed by atoms with van der Waals surface area (Å²) >= 11 is 0. The maximum Gasteiger partial charge on any atom is 0.159 e. The van der Waals surface area contributed by atoms with Crippen LogP contribution in [-0.4, -0.2) is 0 Å². The van der Waals surface area contributed by atoms with Crippen LogP contribution in [-0.2, 0) is 5.41 Å². The minimum atomic E-state index is -0.833. The first-order valence-electron chi connectivity index (χ1n) is 31.4. The highest BCUT2D eigenvalue weighted by atomic mass is 16.3. The van der Waals surface area contributed by atoms with Gasteiger partial charge in [0.25, 0.3) is 0 Å². The Morgan fingerprint density at radius 2 is 0.692 bits per heavy atom. The van der Waals surface area contributed by atoms with Gasteiger partial charge in [-0.3, -0.25) is 0 Å². The minimum Gasteiger partial charge on any atom is -0.453 e. The molecule has 1 aliphatic carbocycles. The Bertz CT molecular complexity index is 5710. The SMILES string of the molecule is Cc1ccccc1N(c1ccc2c(c1)C(c1ccccc1)(c1ccccc1)c1cc(N(c3ccccc3C)c3cccc4c3oc3c(-c5ccccc5)cc5ccccc5c34)c3ccccc3c1-2)c1cccc2c1oc1c(-c3ccccc3)cc3ccccc3c12. The topological polar surface area (TPSA) is 32.8 Å². The number of aryl methyl sites for hydroxylation is 2. The average Bonchev–Trinajstić information content (AvgIpc) is 1.54. The number of furan rings is 2. The zero-order chi connectivity index (χ0) is 60.3. The Hall–Kier alpha value is -11.7. The van der Waals surface area contributed by atoms with Crippen LogP contribution in [0.25, 0.3) is 110 Å². The Labute approximate surface area is 527 Å². The number of para-hydroxylation sites is 4. The van der Waals surface area contributed by atoms with E-state index in [1.165, 1.54) is 44.2 Å². The van der Waals surface area contributed by atoms with Gasteiger partial charge in [0, 0.05) is 55.1 Å². The van der Waals surface area contributed by atoms with Crippen LogP contribution in [0.1, 0.15) is 33.4 Å². The van der Waals surface area contributed by atoms with Crippen molar-refractivity contribution in [3.8, 4) is 33.4 Å². The molecule has 2 aromatic heterocycles. The van der Waals surface area contributed by atoms with Crippen LogP contribution in [0.2, 0.25) is 0 Å². The molecule has 4 heteroatoms. The summed E-state index contributed by atoms with van der Waals surface area (Å²) in [5, 5.41) is 11.3. The van der Waals surface area contributed by atoms with Crippen LogP contribution in [0.3, 0.4) is 0 Å². The summed E-state index contributed by atoms with van der Waals surface area (Å²) in [6.45, 7) is 4.44. The molecule has 0 atom stereocenters. The third-order valence-corrected chi connectivity index (χ3v) is 19.3. The monoisotopic (exact) mass is 1160 g/mol. The molecule has 0 fully saturated rings. The van der Waals surface area contributed by atoms with Crippen molar-refractivity contribution in [2.75, 3.05) is 9.80 Å². The highest BCUT2D eigenvalue weighted by Crippen LogP contribution is 2.62. The summed E-state index contributed by atoms with van der Waals surface area (Å²) < 4.78 is 15.0. The van der Waals surface area contributed by atoms with Gasteiger partial charge in [0.05, 0.1) is 22.5 Å². The predicted octanol–water partition coefficient (Wildman–Crippen LogP) is 24.2. The fraction of sp³-hybridized carbons (Fsp3) is 0.0345. The maximum atomic E-state index is 7.53. The smallest absolute Gasteiger partial charge is 0.159 e. The fourth-order valence-corrected chi connectivity index (χ4v) is 15.3. The molecule has 17 aromatic rings. The second kappa shape index (κ2) is 20.7. The Balaban J connectivity index is 0.925. The second-order valence-corrected chi connectivity index (χ2v) is 24.3. The molecule has 2 heterocycles. The van der Waals surface area contributed by atoms with Gasteiger partial charge < -0.3 is 18.6 Å². The van der Waals surface area contributed by atoms with E-state index in [0.29, 0.717) is 0 Å². The molecule has 428 valence electrons. The summed E-state index contributed by atoms with van der Waals surface area (Å²) in [6, 6.07) is 115. The second-order valence-electron chi connectivity index (χ2n) is 24.3. The third-order valence-electron chi connectivity index (χ3n) is 19.3. The Morgan fingerprint density at radius 3 is 1.22 bits per heavy atom. The van der Waals surface area contributed by atoms with Gasteiger partial charge in [-0.25, -0.2) is 0 Å². The normalized spacial score (nSPS) is 12.6. The molecule has 0 spiro atoms. The lowest BCUT2D eigenvalue weighted by Crippen LogP contribution is -2.29. The van der Waals surface area contributed by atoms with Crippen LogP contribution in [0, 0.1) is 13.8 Å². The standard InChI is InChI=1S/C87H58N2O2/c1-55-27-15-23-45-75(55)88(77-47-25-43-69-81-64-39-19-17-33-59(64)51-71(85(81)90-83(69)77)57-29-7-3-8-30-57)63-49-50-68-73(53-63)87(61-35-11-5-12-36-61,62-37-13-6-14-38-62)74-54-79(66-41-21-22-42-67(66)80(68)74)89(76-46-24-16-28-56(76)2)78-48-26-44-70-82-65-40-20-18-34-60(65)52-72(86(82)91-84(70)78)58-31-9-4-10-32-58/h3-54H,1-2H3. The van der Waals surface area contributed by atoms with Crippen molar-refractivity contribution in [2.45, 2.75) is 19.3 Å². The van der Waals surface area contributed by atoms with E-state index in [9.17, 15) is 0 Å². The van der Waals surface area contributed by atoms with Crippen molar-refractivity contribution >= 4 is 110 Å². The minimum absolute atomic E-state index is 0.824. The van der Waals surface area contributed by atoms with Gasteiger partial charge in [-0.1, -0.05) is 261 Å². The molecule has 0 N–H and O–H groups in total. The zero-order valence-electron chi connectivity index (χ0n) is 50.2. The van der Waals surface area contributed by atoms with Crippen molar-refractivity contribution in [2.24, 2.45) is 0 Å². The number of hydrogen-bond acceptors (Lipinski definition) is 4. The average molecular weight is 1160 g/mol. The van der Waals surface area contributed by atoms with E-state index in [0.717, 1.165) is 133 Å². The van der Waals surface area contributed by atoms with Gasteiger partial charge in [0.2, 0.25) is 0 Å². The molecule has 91 heavy (non-hydrogen) atoms. The van der Waals surface area contributed by atoms with Gasteiger partial charge in [0.1, 0.15) is 11.2 Å². The molecule has 15 aromatic carbocycles. The molecule has 0 unspecified atom stereocenters. The van der Waals surface area contributed by atoms with Gasteiger partial charge in [-0.15, -0.1) is 0 Å². The summed E-state index contributed by atoms with van der Waals surface area (Å²) in [6.07, 6.45) is 0. The fourth-order valence-electron chi connectivity index (χ4n) is 15.3. The quantitative estimate of drug-likeness (QED) is 0.137. The van der Waals surface area contributed by atoms with Crippen LogP contribution in [0.15, 0.2) is 324 Å². The molecular formula is C87H58N2O2. The van der Waals surface area contributed by atoms with Crippen LogP contribution in [0.5, 0.6) is 0 Å². The number of benzene rings is 15. The highest BCUT2D eigenvalue weighted by Gasteiger charge is 2.48. The number of hydrogen-bond donors (Lipinski definition) is 0. The van der Waals surface area contributed by atoms with Crippen molar-refractivity contribution in [3.05, 3.63) is 349 Å². The van der Waals surface area contributed by atoms with Crippen molar-refractivity contribution in [3.63, 3.8) is 0 Å². The number of anilines is 6. The van der Waals surface area contributed by atoms with Crippen molar-refractivity contribution in [1.29, 1.82) is 0 Å². The van der Waals surface area contributed by atoms with Crippen LogP contribution < -0.4 is 9.80 Å². The third kappa shape index (κ3) is 7.89. The largest absolute Gasteiger partial charge is 0.453 e. The first-order chi connectivity index (χ1) is 45.0. The van der Waals surface area contributed by atoms with Crippen LogP contribution in [0.4, 0.5) is 34.1 Å². The lowest BCUT2D eigenvalue weighted by Gasteiger charge is -2.36. The molecule has 18 rings (SSSR count). The molecule has 4 nitrogen and oxygen atoms in total. The van der Waals surface area contributed by atoms with Crippen molar-refractivity contribution in [1.82, 2.24) is 0 Å². The van der Waals surface area contributed by atoms with Gasteiger partial charge in [-0.2, -0.15) is 0 Å². The van der Waals surface area contributed by atoms with E-state index in [-0.39, 0.29) is 0 Å². The van der Waals surface area contributed by atoms with E-state index in [1.54, 1.807) is 0 Å². The summed E-state index contributed by atoms with van der Waals surface area (Å²) in [4.78, 5) is 4.93. The molecule has 1 aliphatic rings. The summed E-state index contributed by atoms with van der Waals surface area (Å²) in [5.74, 6) is 0. The van der Waals surface area contributed by atoms with E-state index in [4.69, 9.17) is 8.83 Å². The lowest BCUT2D eigenvalue weighted by atomic mass is 9.67. The molecule has 0 saturated heterocycles. The lowest BCUT2D eigenvalue weighted by molar-refractivity contribution is 0.670. The molecule has 0 saturated carbocycles. The van der Waals surface area contributed by atoms with E-state index < -0.39 is 5.41 Å². The molecule has 0 radical (unpaired) electrons. The molecule has 0 amide bonds. The highest BCUT2D eigenvalue weighted by molar-refractivity contribution is 6.26. The summed E-state index contributed by atoms with van der Waals surface area (Å²) in [7, 11) is 0. The van der Waals surface area contributed by atoms with Crippen LogP contribution >= 0.6 is 0 Å². The number of fused-ring (bicyclic) bond motifs is 15. The predicted molar refractivity (Wildman–Crippen MR) is 381 cm³/mol. The Morgan fingerprint density at radius 1 is 0.275 bits per heavy atom. The molecule has 0 aliphatic heterocycles. The number of nitrogens with zero attached hydrogens (tertiary/aromatic N) is 2. The zero-order valence-corrected chi connectivity index (χ0v) is 50.2. The Kier molecular flexibility index (Phi) is 11.9. The first kappa shape index (κ1) is 52.4. The van der Waals surface area contributed by atoms with Gasteiger partial charge in [0.15, 0.2) is 11.2 Å². The van der Waals surface area contributed by atoms with E-state index >= 15 is 0 Å². The molecular weight excluding hydrogens is 1100 g/mol. The van der Waals surface area contributed by atoms with Gasteiger partial charge in [-0.05, 0) is 151 Å².